The molecule has 1 atom stereocenters. The molecule has 0 aliphatic rings. The van der Waals surface area contributed by atoms with E-state index in [1.807, 2.05) is 0 Å². The predicted molar refractivity (Wildman–Crippen MR) is 121 cm³/mol. The average Bonchev–Trinajstić information content (AvgIpc) is 2.70. The molecule has 168 valence electrons. The topological polar surface area (TPSA) is 46.5 Å². The van der Waals surface area contributed by atoms with Gasteiger partial charge in [-0.2, -0.15) is 0 Å². The lowest BCUT2D eigenvalue weighted by atomic mass is 10.0. The van der Waals surface area contributed by atoms with Crippen LogP contribution in [0.5, 0.6) is 0 Å². The van der Waals surface area contributed by atoms with E-state index in [0.717, 1.165) is 25.7 Å². The molecule has 28 heavy (non-hydrogen) atoms. The molecule has 0 radical (unpaired) electrons. The molecular weight excluding hydrogens is 348 g/mol. The average molecular weight is 399 g/mol. The minimum absolute atomic E-state index is 0.0495. The lowest BCUT2D eigenvalue weighted by Crippen LogP contribution is -2.05. The van der Waals surface area contributed by atoms with Crippen molar-refractivity contribution in [2.45, 2.75) is 148 Å². The van der Waals surface area contributed by atoms with E-state index in [-0.39, 0.29) is 12.1 Å². The van der Waals surface area contributed by atoms with Crippen LogP contribution in [0.1, 0.15) is 142 Å². The molecule has 0 aliphatic heterocycles. The van der Waals surface area contributed by atoms with Crippen LogP contribution in [-0.4, -0.2) is 24.3 Å². The van der Waals surface area contributed by atoms with Crippen LogP contribution in [0, 0.1) is 0 Å². The molecule has 0 spiro atoms. The van der Waals surface area contributed by atoms with Crippen LogP contribution in [0.2, 0.25) is 0 Å². The van der Waals surface area contributed by atoms with Crippen molar-refractivity contribution in [2.75, 3.05) is 7.11 Å². The van der Waals surface area contributed by atoms with Gasteiger partial charge in [0.05, 0.1) is 13.2 Å². The molecule has 0 aromatic carbocycles. The highest BCUT2D eigenvalue weighted by Crippen LogP contribution is 2.15. The third-order valence-electron chi connectivity index (χ3n) is 5.79. The van der Waals surface area contributed by atoms with Crippen LogP contribution in [0.4, 0.5) is 0 Å². The summed E-state index contributed by atoms with van der Waals surface area (Å²) in [6.45, 7) is 2.19. The SMILES string of the molecule is CCCCC(O)CCCCCCCCCCCCCCCCCCC(=O)OC. The third kappa shape index (κ3) is 21.7. The number of carbonyl (C=O) groups excluding carboxylic acids is 1. The second-order valence-electron chi connectivity index (χ2n) is 8.57. The molecule has 0 aliphatic carbocycles. The van der Waals surface area contributed by atoms with E-state index in [9.17, 15) is 9.90 Å². The first-order valence-corrected chi connectivity index (χ1v) is 12.5. The molecule has 0 aromatic rings. The third-order valence-corrected chi connectivity index (χ3v) is 5.79. The highest BCUT2D eigenvalue weighted by atomic mass is 16.5. The van der Waals surface area contributed by atoms with E-state index in [1.54, 1.807) is 0 Å². The summed E-state index contributed by atoms with van der Waals surface area (Å²) in [4.78, 5) is 11.0. The highest BCUT2D eigenvalue weighted by molar-refractivity contribution is 5.68. The van der Waals surface area contributed by atoms with Gasteiger partial charge in [0.25, 0.3) is 0 Å². The first-order valence-electron chi connectivity index (χ1n) is 12.5. The summed E-state index contributed by atoms with van der Waals surface area (Å²) >= 11 is 0. The van der Waals surface area contributed by atoms with Crippen molar-refractivity contribution < 1.29 is 14.6 Å². The normalized spacial score (nSPS) is 12.2. The molecule has 0 saturated carbocycles. The first kappa shape index (κ1) is 27.4. The Morgan fingerprint density at radius 2 is 1.00 bits per heavy atom. The van der Waals surface area contributed by atoms with Crippen molar-refractivity contribution in [2.24, 2.45) is 0 Å². The van der Waals surface area contributed by atoms with Gasteiger partial charge >= 0.3 is 5.97 Å². The van der Waals surface area contributed by atoms with Gasteiger partial charge in [-0.15, -0.1) is 0 Å². The van der Waals surface area contributed by atoms with Crippen LogP contribution in [0.15, 0.2) is 0 Å². The molecule has 0 bridgehead atoms. The molecule has 0 rings (SSSR count). The molecule has 3 heteroatoms. The van der Waals surface area contributed by atoms with Crippen molar-refractivity contribution in [3.63, 3.8) is 0 Å². The summed E-state index contributed by atoms with van der Waals surface area (Å²) in [5.41, 5.74) is 0. The summed E-state index contributed by atoms with van der Waals surface area (Å²) in [6.07, 6.45) is 26.0. The number of methoxy groups -OCH3 is 1. The Morgan fingerprint density at radius 3 is 1.39 bits per heavy atom. The van der Waals surface area contributed by atoms with Crippen LogP contribution < -0.4 is 0 Å². The Hall–Kier alpha value is -0.570. The maximum Gasteiger partial charge on any atom is 0.305 e. The fourth-order valence-electron chi connectivity index (χ4n) is 3.81. The quantitative estimate of drug-likeness (QED) is 0.150. The van der Waals surface area contributed by atoms with Crippen molar-refractivity contribution >= 4 is 5.97 Å². The maximum absolute atomic E-state index is 11.0. The number of aliphatic hydroxyl groups is 1. The fourth-order valence-corrected chi connectivity index (χ4v) is 3.81. The molecule has 0 fully saturated rings. The zero-order valence-corrected chi connectivity index (χ0v) is 19.2. The lowest BCUT2D eigenvalue weighted by Gasteiger charge is -2.09. The van der Waals surface area contributed by atoms with Crippen molar-refractivity contribution in [1.82, 2.24) is 0 Å². The van der Waals surface area contributed by atoms with Gasteiger partial charge in [0.2, 0.25) is 0 Å². The summed E-state index contributed by atoms with van der Waals surface area (Å²) < 4.78 is 4.65. The second-order valence-corrected chi connectivity index (χ2v) is 8.57. The van der Waals surface area contributed by atoms with Gasteiger partial charge in [-0.3, -0.25) is 4.79 Å². The number of rotatable bonds is 22. The molecule has 1 N–H and O–H groups in total. The van der Waals surface area contributed by atoms with Gasteiger partial charge in [-0.05, 0) is 19.3 Å². The Bertz CT molecular complexity index is 317. The lowest BCUT2D eigenvalue weighted by molar-refractivity contribution is -0.140. The van der Waals surface area contributed by atoms with Crippen molar-refractivity contribution in [1.29, 1.82) is 0 Å². The first-order chi connectivity index (χ1) is 13.7. The van der Waals surface area contributed by atoms with E-state index in [2.05, 4.69) is 11.7 Å². The fraction of sp³-hybridized carbons (Fsp3) is 0.960. The Balaban J connectivity index is 3.07. The Morgan fingerprint density at radius 1 is 0.643 bits per heavy atom. The van der Waals surface area contributed by atoms with Gasteiger partial charge in [-0.1, -0.05) is 116 Å². The van der Waals surface area contributed by atoms with Crippen molar-refractivity contribution in [3.8, 4) is 0 Å². The summed E-state index contributed by atoms with van der Waals surface area (Å²) in [5.74, 6) is -0.0716. The monoisotopic (exact) mass is 398 g/mol. The molecule has 3 nitrogen and oxygen atoms in total. The van der Waals surface area contributed by atoms with E-state index < -0.39 is 0 Å². The Kier molecular flexibility index (Phi) is 22.3. The van der Waals surface area contributed by atoms with Crippen molar-refractivity contribution in [3.05, 3.63) is 0 Å². The maximum atomic E-state index is 11.0. The number of aliphatic hydroxyl groups excluding tert-OH is 1. The zero-order valence-electron chi connectivity index (χ0n) is 19.2. The van der Waals surface area contributed by atoms with E-state index in [0.29, 0.717) is 6.42 Å². The number of ether oxygens (including phenoxy) is 1. The van der Waals surface area contributed by atoms with E-state index in [4.69, 9.17) is 0 Å². The molecular formula is C25H50O3. The van der Waals surface area contributed by atoms with Crippen LogP contribution >= 0.6 is 0 Å². The second kappa shape index (κ2) is 22.7. The number of hydrogen-bond acceptors (Lipinski definition) is 3. The number of carbonyl (C=O) groups is 1. The van der Waals surface area contributed by atoms with Gasteiger partial charge in [0, 0.05) is 6.42 Å². The summed E-state index contributed by atoms with van der Waals surface area (Å²) in [7, 11) is 1.46. The van der Waals surface area contributed by atoms with Gasteiger partial charge < -0.3 is 9.84 Å². The predicted octanol–water partition coefficient (Wildman–Crippen LogP) is 7.73. The van der Waals surface area contributed by atoms with Crippen LogP contribution in [-0.2, 0) is 9.53 Å². The minimum atomic E-state index is -0.0716. The summed E-state index contributed by atoms with van der Waals surface area (Å²) in [5, 5.41) is 9.82. The standard InChI is InChI=1S/C25H50O3/c1-3-4-21-24(26)22-19-17-15-13-11-9-7-5-6-8-10-12-14-16-18-20-23-25(27)28-2/h24,26H,3-23H2,1-2H3. The van der Waals surface area contributed by atoms with E-state index in [1.165, 1.54) is 110 Å². The van der Waals surface area contributed by atoms with Crippen LogP contribution in [0.3, 0.4) is 0 Å². The number of esters is 1. The highest BCUT2D eigenvalue weighted by Gasteiger charge is 2.02. The van der Waals surface area contributed by atoms with Gasteiger partial charge in [0.1, 0.15) is 0 Å². The molecule has 0 amide bonds. The zero-order chi connectivity index (χ0) is 20.7. The smallest absolute Gasteiger partial charge is 0.305 e. The molecule has 0 saturated heterocycles. The van der Waals surface area contributed by atoms with E-state index >= 15 is 0 Å². The largest absolute Gasteiger partial charge is 0.469 e. The van der Waals surface area contributed by atoms with Crippen LogP contribution in [0.25, 0.3) is 0 Å². The van der Waals surface area contributed by atoms with Gasteiger partial charge in [0.15, 0.2) is 0 Å². The number of unbranched alkanes of at least 4 members (excludes halogenated alkanes) is 16. The molecule has 1 unspecified atom stereocenters. The molecule has 0 aromatic heterocycles. The minimum Gasteiger partial charge on any atom is -0.469 e. The Labute approximate surface area is 176 Å². The van der Waals surface area contributed by atoms with Gasteiger partial charge in [-0.25, -0.2) is 0 Å². The summed E-state index contributed by atoms with van der Waals surface area (Å²) in [6, 6.07) is 0. The molecule has 0 heterocycles. The number of hydrogen-bond donors (Lipinski definition) is 1.